The fraction of sp³-hybridized carbons (Fsp3) is 0.263. The highest BCUT2D eigenvalue weighted by atomic mass is 19.1. The summed E-state index contributed by atoms with van der Waals surface area (Å²) in [5, 5.41) is 2.64. The van der Waals surface area contributed by atoms with Crippen molar-refractivity contribution in [3.05, 3.63) is 59.4 Å². The van der Waals surface area contributed by atoms with Crippen molar-refractivity contribution in [3.8, 4) is 0 Å². The highest BCUT2D eigenvalue weighted by molar-refractivity contribution is 5.95. The van der Waals surface area contributed by atoms with Crippen LogP contribution in [-0.4, -0.2) is 18.4 Å². The van der Waals surface area contributed by atoms with Crippen LogP contribution in [0.15, 0.2) is 42.5 Å². The number of hydrogen-bond acceptors (Lipinski definition) is 2. The van der Waals surface area contributed by atoms with Gasteiger partial charge in [-0.15, -0.1) is 0 Å². The number of aryl methyl sites for hydroxylation is 2. The molecule has 2 aromatic carbocycles. The van der Waals surface area contributed by atoms with Crippen LogP contribution >= 0.6 is 0 Å². The van der Waals surface area contributed by atoms with Crippen molar-refractivity contribution in [2.45, 2.75) is 27.2 Å². The number of carbonyl (C=O) groups excluding carboxylic acids is 2. The minimum atomic E-state index is -0.409. The predicted octanol–water partition coefficient (Wildman–Crippen LogP) is 3.82. The van der Waals surface area contributed by atoms with Gasteiger partial charge in [0.2, 0.25) is 11.8 Å². The van der Waals surface area contributed by atoms with Crippen LogP contribution in [0.3, 0.4) is 0 Å². The van der Waals surface area contributed by atoms with Crippen LogP contribution in [0.2, 0.25) is 0 Å². The molecule has 4 nitrogen and oxygen atoms in total. The van der Waals surface area contributed by atoms with E-state index >= 15 is 0 Å². The predicted molar refractivity (Wildman–Crippen MR) is 93.6 cm³/mol. The fourth-order valence-electron chi connectivity index (χ4n) is 2.56. The second kappa shape index (κ2) is 7.73. The zero-order valence-corrected chi connectivity index (χ0v) is 14.1. The van der Waals surface area contributed by atoms with Crippen LogP contribution in [0.25, 0.3) is 0 Å². The Balaban J connectivity index is 2.03. The van der Waals surface area contributed by atoms with Gasteiger partial charge in [0, 0.05) is 31.3 Å². The van der Waals surface area contributed by atoms with Gasteiger partial charge in [0.25, 0.3) is 0 Å². The van der Waals surface area contributed by atoms with E-state index in [1.165, 1.54) is 25.1 Å². The largest absolute Gasteiger partial charge is 0.326 e. The number of halogens is 1. The number of rotatable bonds is 5. The third kappa shape index (κ3) is 4.65. The van der Waals surface area contributed by atoms with E-state index in [4.69, 9.17) is 0 Å². The number of hydrogen-bond donors (Lipinski definition) is 1. The van der Waals surface area contributed by atoms with Gasteiger partial charge >= 0.3 is 0 Å². The molecule has 0 aromatic heterocycles. The number of anilines is 2. The van der Waals surface area contributed by atoms with E-state index in [0.717, 1.165) is 16.8 Å². The maximum absolute atomic E-state index is 13.1. The summed E-state index contributed by atoms with van der Waals surface area (Å²) in [6.45, 7) is 5.66. The SMILES string of the molecule is CC(=O)N(CCC(=O)Nc1cccc(F)c1)c1ccc(C)cc1C. The van der Waals surface area contributed by atoms with E-state index in [2.05, 4.69) is 5.32 Å². The first-order valence-corrected chi connectivity index (χ1v) is 7.77. The molecule has 2 aromatic rings. The average Bonchev–Trinajstić information content (AvgIpc) is 2.49. The molecule has 0 atom stereocenters. The summed E-state index contributed by atoms with van der Waals surface area (Å²) >= 11 is 0. The minimum absolute atomic E-state index is 0.125. The summed E-state index contributed by atoms with van der Waals surface area (Å²) in [4.78, 5) is 25.6. The van der Waals surface area contributed by atoms with Crippen LogP contribution < -0.4 is 10.2 Å². The Hall–Kier alpha value is -2.69. The summed E-state index contributed by atoms with van der Waals surface area (Å²) in [6, 6.07) is 11.5. The van der Waals surface area contributed by atoms with E-state index < -0.39 is 5.82 Å². The van der Waals surface area contributed by atoms with E-state index in [9.17, 15) is 14.0 Å². The second-order valence-electron chi connectivity index (χ2n) is 5.77. The molecule has 0 saturated carbocycles. The second-order valence-corrected chi connectivity index (χ2v) is 5.77. The molecular formula is C19H21FN2O2. The fourth-order valence-corrected chi connectivity index (χ4v) is 2.56. The zero-order chi connectivity index (χ0) is 17.7. The summed E-state index contributed by atoms with van der Waals surface area (Å²) in [7, 11) is 0. The molecule has 0 heterocycles. The van der Waals surface area contributed by atoms with Crippen molar-refractivity contribution in [1.29, 1.82) is 0 Å². The van der Waals surface area contributed by atoms with E-state index in [0.29, 0.717) is 5.69 Å². The van der Waals surface area contributed by atoms with Crippen LogP contribution in [0.4, 0.5) is 15.8 Å². The number of nitrogens with one attached hydrogen (secondary N) is 1. The van der Waals surface area contributed by atoms with Gasteiger partial charge < -0.3 is 10.2 Å². The molecule has 5 heteroatoms. The summed E-state index contributed by atoms with van der Waals surface area (Å²) in [6.07, 6.45) is 0.128. The number of carbonyl (C=O) groups is 2. The highest BCUT2D eigenvalue weighted by Gasteiger charge is 2.15. The number of benzene rings is 2. The molecule has 0 radical (unpaired) electrons. The lowest BCUT2D eigenvalue weighted by atomic mass is 10.1. The minimum Gasteiger partial charge on any atom is -0.326 e. The first-order valence-electron chi connectivity index (χ1n) is 7.77. The Morgan fingerprint density at radius 1 is 1.12 bits per heavy atom. The molecule has 0 aliphatic rings. The Kier molecular flexibility index (Phi) is 5.68. The van der Waals surface area contributed by atoms with E-state index in [-0.39, 0.29) is 24.8 Å². The van der Waals surface area contributed by atoms with Crippen molar-refractivity contribution >= 4 is 23.2 Å². The zero-order valence-electron chi connectivity index (χ0n) is 14.1. The molecule has 24 heavy (non-hydrogen) atoms. The molecule has 0 bridgehead atoms. The highest BCUT2D eigenvalue weighted by Crippen LogP contribution is 2.22. The summed E-state index contributed by atoms with van der Waals surface area (Å²) in [5.41, 5.74) is 3.30. The van der Waals surface area contributed by atoms with Crippen molar-refractivity contribution in [1.82, 2.24) is 0 Å². The first kappa shape index (κ1) is 17.7. The Bertz CT molecular complexity index is 759. The lowest BCUT2D eigenvalue weighted by Crippen LogP contribution is -2.32. The molecule has 2 amide bonds. The Morgan fingerprint density at radius 2 is 1.88 bits per heavy atom. The molecule has 0 aliphatic heterocycles. The van der Waals surface area contributed by atoms with Crippen LogP contribution in [0.1, 0.15) is 24.5 Å². The maximum atomic E-state index is 13.1. The standard InChI is InChI=1S/C19H21FN2O2/c1-13-7-8-18(14(2)11-13)22(15(3)23)10-9-19(24)21-17-6-4-5-16(20)12-17/h4-8,11-12H,9-10H2,1-3H3,(H,21,24). The molecule has 0 saturated heterocycles. The van der Waals surface area contributed by atoms with Gasteiger partial charge in [0.15, 0.2) is 0 Å². The van der Waals surface area contributed by atoms with Gasteiger partial charge in [-0.3, -0.25) is 9.59 Å². The van der Waals surface area contributed by atoms with Gasteiger partial charge in [-0.25, -0.2) is 4.39 Å². The molecule has 126 valence electrons. The lowest BCUT2D eigenvalue weighted by molar-refractivity contribution is -0.117. The topological polar surface area (TPSA) is 49.4 Å². The van der Waals surface area contributed by atoms with E-state index in [1.54, 1.807) is 11.0 Å². The van der Waals surface area contributed by atoms with Crippen molar-refractivity contribution in [3.63, 3.8) is 0 Å². The van der Waals surface area contributed by atoms with Crippen molar-refractivity contribution < 1.29 is 14.0 Å². The molecular weight excluding hydrogens is 307 g/mol. The maximum Gasteiger partial charge on any atom is 0.226 e. The molecule has 0 unspecified atom stereocenters. The Morgan fingerprint density at radius 3 is 2.50 bits per heavy atom. The normalized spacial score (nSPS) is 10.3. The summed E-state index contributed by atoms with van der Waals surface area (Å²) < 4.78 is 13.1. The molecule has 0 aliphatic carbocycles. The van der Waals surface area contributed by atoms with Gasteiger partial charge in [0.1, 0.15) is 5.82 Å². The first-order chi connectivity index (χ1) is 11.4. The Labute approximate surface area is 141 Å². The van der Waals surface area contributed by atoms with Crippen LogP contribution in [0.5, 0.6) is 0 Å². The molecule has 1 N–H and O–H groups in total. The molecule has 2 rings (SSSR count). The van der Waals surface area contributed by atoms with Crippen molar-refractivity contribution in [2.75, 3.05) is 16.8 Å². The number of amides is 2. The average molecular weight is 328 g/mol. The van der Waals surface area contributed by atoms with Crippen molar-refractivity contribution in [2.24, 2.45) is 0 Å². The van der Waals surface area contributed by atoms with Crippen LogP contribution in [0, 0.1) is 19.7 Å². The number of nitrogens with zero attached hydrogens (tertiary/aromatic N) is 1. The smallest absolute Gasteiger partial charge is 0.226 e. The third-order valence-electron chi connectivity index (χ3n) is 3.69. The summed E-state index contributed by atoms with van der Waals surface area (Å²) in [5.74, 6) is -0.800. The molecule has 0 spiro atoms. The van der Waals surface area contributed by atoms with Gasteiger partial charge in [-0.2, -0.15) is 0 Å². The molecule has 0 fully saturated rings. The van der Waals surface area contributed by atoms with Gasteiger partial charge in [-0.05, 0) is 43.7 Å². The van der Waals surface area contributed by atoms with Crippen LogP contribution in [-0.2, 0) is 9.59 Å². The van der Waals surface area contributed by atoms with Gasteiger partial charge in [-0.1, -0.05) is 23.8 Å². The monoisotopic (exact) mass is 328 g/mol. The quantitative estimate of drug-likeness (QED) is 0.907. The van der Waals surface area contributed by atoms with E-state index in [1.807, 2.05) is 32.0 Å². The van der Waals surface area contributed by atoms with Gasteiger partial charge in [0.05, 0.1) is 0 Å². The lowest BCUT2D eigenvalue weighted by Gasteiger charge is -2.23. The third-order valence-corrected chi connectivity index (χ3v) is 3.69.